The molecule has 0 fully saturated rings. The first kappa shape index (κ1) is 15.3. The molecule has 1 heterocycles. The summed E-state index contributed by atoms with van der Waals surface area (Å²) in [5, 5.41) is 0. The van der Waals surface area contributed by atoms with Crippen molar-refractivity contribution in [2.45, 2.75) is 18.9 Å². The number of nitrogens with zero attached hydrogens (tertiary/aromatic N) is 1. The number of ether oxygens (including phenoxy) is 2. The molecule has 0 unspecified atom stereocenters. The molecule has 0 bridgehead atoms. The van der Waals surface area contributed by atoms with Gasteiger partial charge >= 0.3 is 5.97 Å². The van der Waals surface area contributed by atoms with Gasteiger partial charge in [0.15, 0.2) is 5.54 Å². The molecule has 1 aliphatic rings. The van der Waals surface area contributed by atoms with E-state index in [-0.39, 0.29) is 12.6 Å². The zero-order valence-electron chi connectivity index (χ0n) is 13.1. The van der Waals surface area contributed by atoms with E-state index in [2.05, 4.69) is 4.99 Å². The molecule has 0 spiro atoms. The number of esters is 1. The summed E-state index contributed by atoms with van der Waals surface area (Å²) in [5.41, 5.74) is 0.886. The van der Waals surface area contributed by atoms with Crippen LogP contribution < -0.4 is 0 Å². The molecule has 23 heavy (non-hydrogen) atoms. The van der Waals surface area contributed by atoms with Crippen LogP contribution in [0.2, 0.25) is 0 Å². The highest BCUT2D eigenvalue weighted by atomic mass is 16.5. The summed E-state index contributed by atoms with van der Waals surface area (Å²) in [6, 6.07) is 19.4. The summed E-state index contributed by atoms with van der Waals surface area (Å²) < 4.78 is 11.0. The van der Waals surface area contributed by atoms with Gasteiger partial charge in [0.25, 0.3) is 0 Å². The monoisotopic (exact) mass is 309 g/mol. The molecule has 0 aromatic heterocycles. The van der Waals surface area contributed by atoms with Gasteiger partial charge in [-0.2, -0.15) is 0 Å². The standard InChI is InChI=1S/C19H19NO3/c1-2-22-18(21)19(13-15-9-5-3-6-10-15)14-23-17(20-19)16-11-7-4-8-12-16/h3-12H,2,13-14H2,1H3/t19-/m0/s1. The van der Waals surface area contributed by atoms with E-state index in [1.165, 1.54) is 0 Å². The average Bonchev–Trinajstić information content (AvgIpc) is 3.02. The average molecular weight is 309 g/mol. The van der Waals surface area contributed by atoms with Crippen LogP contribution in [0.4, 0.5) is 0 Å². The van der Waals surface area contributed by atoms with E-state index in [4.69, 9.17) is 9.47 Å². The molecule has 118 valence electrons. The normalized spacial score (nSPS) is 19.8. The second-order valence-corrected chi connectivity index (χ2v) is 5.49. The van der Waals surface area contributed by atoms with Gasteiger partial charge in [-0.15, -0.1) is 0 Å². The van der Waals surface area contributed by atoms with Crippen molar-refractivity contribution in [2.24, 2.45) is 4.99 Å². The molecule has 1 atom stereocenters. The first-order valence-electron chi connectivity index (χ1n) is 7.73. The Balaban J connectivity index is 1.94. The number of carbonyl (C=O) groups excluding carboxylic acids is 1. The third kappa shape index (κ3) is 3.26. The van der Waals surface area contributed by atoms with Crippen LogP contribution in [0.5, 0.6) is 0 Å². The Morgan fingerprint density at radius 3 is 2.43 bits per heavy atom. The summed E-state index contributed by atoms with van der Waals surface area (Å²) in [6.07, 6.45) is 0.461. The van der Waals surface area contributed by atoms with Crippen LogP contribution in [0.25, 0.3) is 0 Å². The molecule has 4 heteroatoms. The second kappa shape index (κ2) is 6.65. The van der Waals surface area contributed by atoms with Crippen LogP contribution in [0.3, 0.4) is 0 Å². The molecule has 0 saturated carbocycles. The lowest BCUT2D eigenvalue weighted by Gasteiger charge is -2.21. The van der Waals surface area contributed by atoms with E-state index in [0.29, 0.717) is 18.9 Å². The maximum Gasteiger partial charge on any atom is 0.338 e. The molecule has 0 radical (unpaired) electrons. The fourth-order valence-corrected chi connectivity index (χ4v) is 2.64. The summed E-state index contributed by atoms with van der Waals surface area (Å²) in [4.78, 5) is 17.2. The predicted octanol–water partition coefficient (Wildman–Crippen LogP) is 3.01. The first-order valence-corrected chi connectivity index (χ1v) is 7.73. The topological polar surface area (TPSA) is 47.9 Å². The predicted molar refractivity (Wildman–Crippen MR) is 88.4 cm³/mol. The Labute approximate surface area is 135 Å². The molecule has 1 aliphatic heterocycles. The lowest BCUT2D eigenvalue weighted by Crippen LogP contribution is -2.42. The fraction of sp³-hybridized carbons (Fsp3) is 0.263. The first-order chi connectivity index (χ1) is 11.2. The van der Waals surface area contributed by atoms with Crippen molar-refractivity contribution < 1.29 is 14.3 Å². The molecular formula is C19H19NO3. The Hall–Kier alpha value is -2.62. The van der Waals surface area contributed by atoms with Crippen LogP contribution in [0.1, 0.15) is 18.1 Å². The second-order valence-electron chi connectivity index (χ2n) is 5.49. The summed E-state index contributed by atoms with van der Waals surface area (Å²) in [6.45, 7) is 2.32. The molecule has 0 N–H and O–H groups in total. The number of aliphatic imine (C=N–C) groups is 1. The number of carbonyl (C=O) groups is 1. The highest BCUT2D eigenvalue weighted by Crippen LogP contribution is 2.28. The highest BCUT2D eigenvalue weighted by molar-refractivity contribution is 5.99. The van der Waals surface area contributed by atoms with Gasteiger partial charge in [-0.1, -0.05) is 48.5 Å². The van der Waals surface area contributed by atoms with Gasteiger partial charge in [0.2, 0.25) is 5.90 Å². The van der Waals surface area contributed by atoms with Gasteiger partial charge in [-0.05, 0) is 24.6 Å². The van der Waals surface area contributed by atoms with E-state index in [9.17, 15) is 4.79 Å². The highest BCUT2D eigenvalue weighted by Gasteiger charge is 2.45. The zero-order chi connectivity index (χ0) is 16.1. The molecule has 2 aromatic carbocycles. The molecule has 0 aliphatic carbocycles. The van der Waals surface area contributed by atoms with Gasteiger partial charge in [-0.25, -0.2) is 9.79 Å². The maximum atomic E-state index is 12.5. The fourth-order valence-electron chi connectivity index (χ4n) is 2.64. The van der Waals surface area contributed by atoms with Crippen LogP contribution in [-0.4, -0.2) is 30.6 Å². The van der Waals surface area contributed by atoms with Gasteiger partial charge in [0, 0.05) is 12.0 Å². The summed E-state index contributed by atoms with van der Waals surface area (Å²) in [7, 11) is 0. The van der Waals surface area contributed by atoms with Crippen LogP contribution in [-0.2, 0) is 20.7 Å². The van der Waals surface area contributed by atoms with Gasteiger partial charge in [0.1, 0.15) is 6.61 Å². The molecule has 2 aromatic rings. The number of rotatable bonds is 5. The van der Waals surface area contributed by atoms with Crippen molar-refractivity contribution in [3.05, 3.63) is 71.8 Å². The maximum absolute atomic E-state index is 12.5. The van der Waals surface area contributed by atoms with E-state index in [0.717, 1.165) is 11.1 Å². The van der Waals surface area contributed by atoms with Crippen molar-refractivity contribution in [2.75, 3.05) is 13.2 Å². The van der Waals surface area contributed by atoms with Gasteiger partial charge < -0.3 is 9.47 Å². The zero-order valence-corrected chi connectivity index (χ0v) is 13.1. The number of benzene rings is 2. The Morgan fingerprint density at radius 1 is 1.13 bits per heavy atom. The van der Waals surface area contributed by atoms with E-state index >= 15 is 0 Å². The van der Waals surface area contributed by atoms with Crippen LogP contribution >= 0.6 is 0 Å². The lowest BCUT2D eigenvalue weighted by molar-refractivity contribution is -0.150. The van der Waals surface area contributed by atoms with Gasteiger partial charge in [-0.3, -0.25) is 0 Å². The largest absolute Gasteiger partial charge is 0.474 e. The van der Waals surface area contributed by atoms with Crippen molar-refractivity contribution in [1.82, 2.24) is 0 Å². The molecule has 0 saturated heterocycles. The minimum Gasteiger partial charge on any atom is -0.474 e. The van der Waals surface area contributed by atoms with E-state index in [1.807, 2.05) is 60.7 Å². The minimum absolute atomic E-state index is 0.199. The Morgan fingerprint density at radius 2 is 1.78 bits per heavy atom. The minimum atomic E-state index is -1.01. The van der Waals surface area contributed by atoms with Crippen LogP contribution in [0, 0.1) is 0 Å². The lowest BCUT2D eigenvalue weighted by atomic mass is 9.92. The third-order valence-corrected chi connectivity index (χ3v) is 3.78. The number of hydrogen-bond donors (Lipinski definition) is 0. The Bertz CT molecular complexity index is 697. The molecule has 3 rings (SSSR count). The van der Waals surface area contributed by atoms with E-state index in [1.54, 1.807) is 6.92 Å². The van der Waals surface area contributed by atoms with Crippen LogP contribution in [0.15, 0.2) is 65.7 Å². The summed E-state index contributed by atoms with van der Waals surface area (Å²) in [5.74, 6) is 0.157. The van der Waals surface area contributed by atoms with Crippen molar-refractivity contribution in [3.63, 3.8) is 0 Å². The quantitative estimate of drug-likeness (QED) is 0.798. The van der Waals surface area contributed by atoms with Gasteiger partial charge in [0.05, 0.1) is 6.61 Å². The van der Waals surface area contributed by atoms with Crippen molar-refractivity contribution in [1.29, 1.82) is 0 Å². The summed E-state index contributed by atoms with van der Waals surface area (Å²) >= 11 is 0. The molecule has 4 nitrogen and oxygen atoms in total. The van der Waals surface area contributed by atoms with E-state index < -0.39 is 5.54 Å². The third-order valence-electron chi connectivity index (χ3n) is 3.78. The molecular weight excluding hydrogens is 290 g/mol. The Kier molecular flexibility index (Phi) is 4.42. The molecule has 0 amide bonds. The number of hydrogen-bond acceptors (Lipinski definition) is 4. The van der Waals surface area contributed by atoms with Crippen molar-refractivity contribution >= 4 is 11.9 Å². The smallest absolute Gasteiger partial charge is 0.338 e. The van der Waals surface area contributed by atoms with Crippen molar-refractivity contribution in [3.8, 4) is 0 Å². The SMILES string of the molecule is CCOC(=O)[C@]1(Cc2ccccc2)COC(c2ccccc2)=N1.